The van der Waals surface area contributed by atoms with Gasteiger partial charge in [0, 0.05) is 4.47 Å². The van der Waals surface area contributed by atoms with Gasteiger partial charge in [-0.05, 0) is 30.4 Å². The molecule has 3 heteroatoms. The summed E-state index contributed by atoms with van der Waals surface area (Å²) in [6.45, 7) is 0.593. The molecule has 0 bridgehead atoms. The van der Waals surface area contributed by atoms with Crippen molar-refractivity contribution in [1.29, 1.82) is 0 Å². The molecule has 1 aliphatic carbocycles. The first-order valence-corrected chi connectivity index (χ1v) is 5.96. The molecule has 0 amide bonds. The van der Waals surface area contributed by atoms with E-state index in [9.17, 15) is 4.79 Å². The van der Waals surface area contributed by atoms with Crippen LogP contribution in [-0.2, 0) is 14.9 Å². The molecule has 2 unspecified atom stereocenters. The van der Waals surface area contributed by atoms with Gasteiger partial charge < -0.3 is 4.74 Å². The third kappa shape index (κ3) is 1.19. The minimum absolute atomic E-state index is 0.0364. The van der Waals surface area contributed by atoms with Crippen LogP contribution in [0.4, 0.5) is 0 Å². The average Bonchev–Trinajstić information content (AvgIpc) is 2.95. The second-order valence-corrected chi connectivity index (χ2v) is 5.13. The Morgan fingerprint density at radius 3 is 2.93 bits per heavy atom. The summed E-state index contributed by atoms with van der Waals surface area (Å²) in [4.78, 5) is 11.9. The number of hydrogen-bond acceptors (Lipinski definition) is 2. The molecular weight excluding hydrogens is 256 g/mol. The zero-order valence-corrected chi connectivity index (χ0v) is 9.79. The molecule has 0 radical (unpaired) electrons. The van der Waals surface area contributed by atoms with Gasteiger partial charge in [0.05, 0.1) is 12.0 Å². The van der Waals surface area contributed by atoms with Gasteiger partial charge in [-0.15, -0.1) is 0 Å². The number of hydrogen-bond donors (Lipinski definition) is 0. The van der Waals surface area contributed by atoms with Crippen molar-refractivity contribution >= 4 is 21.9 Å². The molecule has 1 heterocycles. The van der Waals surface area contributed by atoms with Crippen LogP contribution in [0.5, 0.6) is 0 Å². The molecule has 78 valence electrons. The molecule has 0 spiro atoms. The maximum absolute atomic E-state index is 11.9. The predicted molar refractivity (Wildman–Crippen MR) is 59.5 cm³/mol. The summed E-state index contributed by atoms with van der Waals surface area (Å²) in [7, 11) is 0. The third-order valence-electron chi connectivity index (χ3n) is 3.52. The Hall–Kier alpha value is -0.830. The van der Waals surface area contributed by atoms with Gasteiger partial charge >= 0.3 is 5.97 Å². The number of rotatable bonds is 1. The van der Waals surface area contributed by atoms with Crippen LogP contribution in [0.15, 0.2) is 28.7 Å². The van der Waals surface area contributed by atoms with Gasteiger partial charge in [-0.2, -0.15) is 0 Å². The second kappa shape index (κ2) is 3.08. The highest BCUT2D eigenvalue weighted by atomic mass is 79.9. The number of halogens is 1. The van der Waals surface area contributed by atoms with Crippen LogP contribution in [0.25, 0.3) is 0 Å². The highest BCUT2D eigenvalue weighted by Gasteiger charge is 2.64. The number of benzene rings is 1. The molecule has 1 aliphatic heterocycles. The third-order valence-corrected chi connectivity index (χ3v) is 4.21. The molecule has 1 aromatic rings. The minimum atomic E-state index is -0.321. The van der Waals surface area contributed by atoms with E-state index >= 15 is 0 Å². The summed E-state index contributed by atoms with van der Waals surface area (Å²) in [5.74, 6) is 0.461. The molecule has 3 rings (SSSR count). The Labute approximate surface area is 96.8 Å². The molecule has 2 nitrogen and oxygen atoms in total. The van der Waals surface area contributed by atoms with Gasteiger partial charge in [0.25, 0.3) is 0 Å². The van der Waals surface area contributed by atoms with Crippen LogP contribution in [0.3, 0.4) is 0 Å². The average molecular weight is 267 g/mol. The van der Waals surface area contributed by atoms with Gasteiger partial charge in [-0.25, -0.2) is 0 Å². The van der Waals surface area contributed by atoms with Crippen molar-refractivity contribution in [3.63, 3.8) is 0 Å². The predicted octanol–water partition coefficient (Wildman–Crippen LogP) is 2.65. The van der Waals surface area contributed by atoms with Crippen molar-refractivity contribution in [2.45, 2.75) is 18.3 Å². The molecule has 2 aliphatic rings. The van der Waals surface area contributed by atoms with Crippen molar-refractivity contribution in [2.75, 3.05) is 6.61 Å². The van der Waals surface area contributed by atoms with Crippen LogP contribution in [0.2, 0.25) is 0 Å². The maximum atomic E-state index is 11.9. The lowest BCUT2D eigenvalue weighted by atomic mass is 9.91. The van der Waals surface area contributed by atoms with Crippen LogP contribution in [0, 0.1) is 5.92 Å². The second-order valence-electron chi connectivity index (χ2n) is 4.28. The summed E-state index contributed by atoms with van der Waals surface area (Å²) >= 11 is 3.51. The zero-order chi connectivity index (χ0) is 10.5. The van der Waals surface area contributed by atoms with Crippen LogP contribution in [-0.4, -0.2) is 12.6 Å². The Bertz CT molecular complexity index is 429. The lowest BCUT2D eigenvalue weighted by molar-refractivity contribution is -0.150. The Kier molecular flexibility index (Phi) is 1.93. The largest absolute Gasteiger partial charge is 0.465 e. The highest BCUT2D eigenvalue weighted by Crippen LogP contribution is 2.60. The molecule has 0 aromatic heterocycles. The minimum Gasteiger partial charge on any atom is -0.465 e. The number of carbonyl (C=O) groups excluding carboxylic acids is 1. The van der Waals surface area contributed by atoms with Crippen molar-refractivity contribution in [1.82, 2.24) is 0 Å². The first kappa shape index (κ1) is 9.40. The Morgan fingerprint density at radius 2 is 2.20 bits per heavy atom. The van der Waals surface area contributed by atoms with Crippen molar-refractivity contribution < 1.29 is 9.53 Å². The lowest BCUT2D eigenvalue weighted by Gasteiger charge is -2.22. The molecular formula is C12H11BrO2. The molecule has 1 aromatic carbocycles. The van der Waals surface area contributed by atoms with Gasteiger partial charge in [-0.3, -0.25) is 4.79 Å². The number of carbonyl (C=O) groups is 1. The first-order valence-electron chi connectivity index (χ1n) is 5.17. The molecule has 0 N–H and O–H groups in total. The number of ether oxygens (including phenoxy) is 1. The van der Waals surface area contributed by atoms with E-state index in [4.69, 9.17) is 4.74 Å². The Morgan fingerprint density at radius 1 is 1.40 bits per heavy atom. The van der Waals surface area contributed by atoms with E-state index in [0.717, 1.165) is 22.9 Å². The van der Waals surface area contributed by atoms with Crippen LogP contribution >= 0.6 is 15.9 Å². The normalized spacial score (nSPS) is 33.1. The van der Waals surface area contributed by atoms with Crippen LogP contribution < -0.4 is 0 Å². The van der Waals surface area contributed by atoms with Crippen molar-refractivity contribution in [3.05, 3.63) is 34.3 Å². The quantitative estimate of drug-likeness (QED) is 0.731. The molecule has 1 saturated carbocycles. The standard InChI is InChI=1S/C12H11BrO2/c13-10-4-2-1-3-9(10)12-7-8(12)5-6-15-11(12)14/h1-4,8H,5-7H2. The lowest BCUT2D eigenvalue weighted by Crippen LogP contribution is -2.30. The van der Waals surface area contributed by atoms with Crippen molar-refractivity contribution in [2.24, 2.45) is 5.92 Å². The van der Waals surface area contributed by atoms with Gasteiger partial charge in [0.2, 0.25) is 0 Å². The van der Waals surface area contributed by atoms with E-state index in [1.807, 2.05) is 24.3 Å². The maximum Gasteiger partial charge on any atom is 0.316 e. The fourth-order valence-electron chi connectivity index (χ4n) is 2.61. The number of fused-ring (bicyclic) bond motifs is 1. The van der Waals surface area contributed by atoms with Crippen molar-refractivity contribution in [3.8, 4) is 0 Å². The summed E-state index contributed by atoms with van der Waals surface area (Å²) in [6, 6.07) is 7.96. The molecule has 1 saturated heterocycles. The molecule has 15 heavy (non-hydrogen) atoms. The highest BCUT2D eigenvalue weighted by molar-refractivity contribution is 9.10. The van der Waals surface area contributed by atoms with E-state index in [-0.39, 0.29) is 11.4 Å². The smallest absolute Gasteiger partial charge is 0.316 e. The van der Waals surface area contributed by atoms with Gasteiger partial charge in [-0.1, -0.05) is 34.1 Å². The van der Waals surface area contributed by atoms with Gasteiger partial charge in [0.1, 0.15) is 0 Å². The summed E-state index contributed by atoms with van der Waals surface area (Å²) in [5.41, 5.74) is 0.776. The van der Waals surface area contributed by atoms with E-state index in [2.05, 4.69) is 15.9 Å². The topological polar surface area (TPSA) is 26.3 Å². The van der Waals surface area contributed by atoms with E-state index in [0.29, 0.717) is 12.5 Å². The zero-order valence-electron chi connectivity index (χ0n) is 8.20. The fourth-order valence-corrected chi connectivity index (χ4v) is 3.25. The van der Waals surface area contributed by atoms with Crippen LogP contribution in [0.1, 0.15) is 18.4 Å². The van der Waals surface area contributed by atoms with E-state index in [1.165, 1.54) is 0 Å². The molecule has 2 atom stereocenters. The summed E-state index contributed by atoms with van der Waals surface area (Å²) in [6.07, 6.45) is 1.96. The first-order chi connectivity index (χ1) is 7.25. The van der Waals surface area contributed by atoms with Gasteiger partial charge in [0.15, 0.2) is 0 Å². The summed E-state index contributed by atoms with van der Waals surface area (Å²) in [5, 5.41) is 0. The number of esters is 1. The van der Waals surface area contributed by atoms with E-state index in [1.54, 1.807) is 0 Å². The Balaban J connectivity index is 2.08. The fraction of sp³-hybridized carbons (Fsp3) is 0.417. The molecule has 2 fully saturated rings. The summed E-state index contributed by atoms with van der Waals surface area (Å²) < 4.78 is 6.20. The monoisotopic (exact) mass is 266 g/mol. The van der Waals surface area contributed by atoms with E-state index < -0.39 is 0 Å². The SMILES string of the molecule is O=C1OCCC2CC12c1ccccc1Br. The number of cyclic esters (lactones) is 1.